The summed E-state index contributed by atoms with van der Waals surface area (Å²) >= 11 is 0. The second-order valence-corrected chi connectivity index (χ2v) is 2.80. The second kappa shape index (κ2) is 6.14. The van der Waals surface area contributed by atoms with Gasteiger partial charge in [0, 0.05) is 20.6 Å². The molecule has 72 valence electrons. The topological polar surface area (TPSA) is 35.5 Å². The van der Waals surface area contributed by atoms with Gasteiger partial charge in [0.2, 0.25) is 5.79 Å². The van der Waals surface area contributed by atoms with Crippen LogP contribution >= 0.6 is 0 Å². The third-order valence-corrected chi connectivity index (χ3v) is 2.00. The minimum atomic E-state index is -1.00. The van der Waals surface area contributed by atoms with Gasteiger partial charge in [-0.05, 0) is 6.42 Å². The van der Waals surface area contributed by atoms with Crippen LogP contribution in [0.5, 0.6) is 0 Å². The van der Waals surface area contributed by atoms with Crippen molar-refractivity contribution in [1.82, 2.24) is 0 Å². The number of ether oxygens (including phenoxy) is 2. The lowest BCUT2D eigenvalue weighted by atomic mass is 10.1. The Balaban J connectivity index is 3.84. The number of carbonyl (C=O) groups excluding carboxylic acids is 1. The van der Waals surface area contributed by atoms with E-state index < -0.39 is 5.79 Å². The quantitative estimate of drug-likeness (QED) is 0.335. The molecule has 0 fully saturated rings. The highest BCUT2D eigenvalue weighted by Crippen LogP contribution is 2.17. The fourth-order valence-corrected chi connectivity index (χ4v) is 1.06. The molecule has 0 unspecified atom stereocenters. The van der Waals surface area contributed by atoms with Gasteiger partial charge >= 0.3 is 0 Å². The molecule has 3 heteroatoms. The number of carbonyl (C=O) groups is 1. The monoisotopic (exact) mass is 174 g/mol. The highest BCUT2D eigenvalue weighted by Gasteiger charge is 2.27. The molecule has 0 aliphatic carbocycles. The van der Waals surface area contributed by atoms with Crippen LogP contribution in [0.4, 0.5) is 0 Å². The van der Waals surface area contributed by atoms with Gasteiger partial charge in [0.1, 0.15) is 0 Å². The summed E-state index contributed by atoms with van der Waals surface area (Å²) in [5.41, 5.74) is 0. The van der Waals surface area contributed by atoms with Crippen LogP contribution in [0, 0.1) is 0 Å². The second-order valence-electron chi connectivity index (χ2n) is 2.80. The lowest BCUT2D eigenvalue weighted by molar-refractivity contribution is -0.198. The van der Waals surface area contributed by atoms with E-state index in [4.69, 9.17) is 9.47 Å². The van der Waals surface area contributed by atoms with Gasteiger partial charge in [0.05, 0.1) is 0 Å². The summed E-state index contributed by atoms with van der Waals surface area (Å²) < 4.78 is 9.99. The van der Waals surface area contributed by atoms with E-state index in [0.29, 0.717) is 6.42 Å². The number of unbranched alkanes of at least 4 members (excludes halogenated alkanes) is 2. The number of aldehydes is 1. The van der Waals surface area contributed by atoms with E-state index in [1.807, 2.05) is 0 Å². The summed E-state index contributed by atoms with van der Waals surface area (Å²) in [4.78, 5) is 10.6. The number of methoxy groups -OCH3 is 2. The zero-order valence-corrected chi connectivity index (χ0v) is 8.13. The van der Waals surface area contributed by atoms with Crippen LogP contribution in [0.1, 0.15) is 32.6 Å². The molecule has 0 atom stereocenters. The van der Waals surface area contributed by atoms with Crippen molar-refractivity contribution < 1.29 is 14.3 Å². The van der Waals surface area contributed by atoms with Crippen LogP contribution in [0.3, 0.4) is 0 Å². The molecule has 0 heterocycles. The normalized spacial score (nSPS) is 11.6. The lowest BCUT2D eigenvalue weighted by Gasteiger charge is -2.24. The fraction of sp³-hybridized carbons (Fsp3) is 0.889. The van der Waals surface area contributed by atoms with E-state index in [1.54, 1.807) is 0 Å². The molecule has 0 aromatic rings. The molecule has 0 aromatic heterocycles. The molecule has 0 N–H and O–H groups in total. The first-order chi connectivity index (χ1) is 5.74. The summed E-state index contributed by atoms with van der Waals surface area (Å²) in [6.45, 7) is 2.11. The molecule has 0 aliphatic heterocycles. The molecule has 0 spiro atoms. The van der Waals surface area contributed by atoms with E-state index in [2.05, 4.69) is 6.92 Å². The van der Waals surface area contributed by atoms with E-state index in [1.165, 1.54) is 14.2 Å². The highest BCUT2D eigenvalue weighted by molar-refractivity contribution is 5.59. The first-order valence-electron chi connectivity index (χ1n) is 4.31. The number of rotatable bonds is 7. The van der Waals surface area contributed by atoms with Crippen LogP contribution in [0.15, 0.2) is 0 Å². The molecule has 0 saturated heterocycles. The maximum Gasteiger partial charge on any atom is 0.225 e. The molecule has 0 aromatic carbocycles. The minimum absolute atomic E-state index is 0.636. The maximum absolute atomic E-state index is 10.6. The van der Waals surface area contributed by atoms with Gasteiger partial charge in [-0.1, -0.05) is 19.8 Å². The smallest absolute Gasteiger partial charge is 0.225 e. The van der Waals surface area contributed by atoms with Crippen LogP contribution in [-0.4, -0.2) is 26.3 Å². The minimum Gasteiger partial charge on any atom is -0.347 e. The van der Waals surface area contributed by atoms with Crippen LogP contribution in [-0.2, 0) is 14.3 Å². The molecule has 3 nitrogen and oxygen atoms in total. The predicted octanol–water partition coefficient (Wildman–Crippen LogP) is 1.75. The van der Waals surface area contributed by atoms with Crippen LogP contribution < -0.4 is 0 Å². The third kappa shape index (κ3) is 3.32. The van der Waals surface area contributed by atoms with Crippen LogP contribution in [0.25, 0.3) is 0 Å². The van der Waals surface area contributed by atoms with Crippen molar-refractivity contribution in [3.8, 4) is 0 Å². The van der Waals surface area contributed by atoms with Gasteiger partial charge in [-0.2, -0.15) is 0 Å². The Labute approximate surface area is 74.0 Å². The standard InChI is InChI=1S/C9H18O3/c1-4-5-6-7-9(8-10,11-2)12-3/h8H,4-7H2,1-3H3. The van der Waals surface area contributed by atoms with Crippen molar-refractivity contribution in [2.45, 2.75) is 38.4 Å². The Morgan fingerprint density at radius 2 is 1.83 bits per heavy atom. The Morgan fingerprint density at radius 3 is 2.17 bits per heavy atom. The summed E-state index contributed by atoms with van der Waals surface area (Å²) in [6.07, 6.45) is 4.54. The predicted molar refractivity (Wildman–Crippen MR) is 47.0 cm³/mol. The number of hydrogen-bond donors (Lipinski definition) is 0. The first kappa shape index (κ1) is 11.6. The Bertz CT molecular complexity index is 119. The molecule has 0 amide bonds. The Kier molecular flexibility index (Phi) is 5.93. The SMILES string of the molecule is CCCCCC(C=O)(OC)OC. The van der Waals surface area contributed by atoms with E-state index in [9.17, 15) is 4.79 Å². The Hall–Kier alpha value is -0.410. The van der Waals surface area contributed by atoms with Crippen molar-refractivity contribution >= 4 is 6.29 Å². The van der Waals surface area contributed by atoms with Gasteiger partial charge in [-0.3, -0.25) is 4.79 Å². The highest BCUT2D eigenvalue weighted by atomic mass is 16.7. The molecule has 0 bridgehead atoms. The summed E-state index contributed by atoms with van der Waals surface area (Å²) in [7, 11) is 2.98. The first-order valence-corrected chi connectivity index (χ1v) is 4.31. The van der Waals surface area contributed by atoms with Crippen molar-refractivity contribution in [3.63, 3.8) is 0 Å². The summed E-state index contributed by atoms with van der Waals surface area (Å²) in [5.74, 6) is -1.00. The summed E-state index contributed by atoms with van der Waals surface area (Å²) in [6, 6.07) is 0. The molecule has 0 aliphatic rings. The largest absolute Gasteiger partial charge is 0.347 e. The van der Waals surface area contributed by atoms with Gasteiger partial charge < -0.3 is 9.47 Å². The van der Waals surface area contributed by atoms with E-state index in [0.717, 1.165) is 25.5 Å². The third-order valence-electron chi connectivity index (χ3n) is 2.00. The lowest BCUT2D eigenvalue weighted by Crippen LogP contribution is -2.35. The van der Waals surface area contributed by atoms with Gasteiger partial charge in [0.15, 0.2) is 6.29 Å². The molecular formula is C9H18O3. The maximum atomic E-state index is 10.6. The Morgan fingerprint density at radius 1 is 1.25 bits per heavy atom. The zero-order chi connectivity index (χ0) is 9.45. The average molecular weight is 174 g/mol. The average Bonchev–Trinajstić information content (AvgIpc) is 2.14. The van der Waals surface area contributed by atoms with Crippen molar-refractivity contribution in [2.24, 2.45) is 0 Å². The zero-order valence-electron chi connectivity index (χ0n) is 8.13. The summed E-state index contributed by atoms with van der Waals surface area (Å²) in [5, 5.41) is 0. The van der Waals surface area contributed by atoms with Gasteiger partial charge in [-0.25, -0.2) is 0 Å². The molecular weight excluding hydrogens is 156 g/mol. The van der Waals surface area contributed by atoms with Crippen molar-refractivity contribution in [1.29, 1.82) is 0 Å². The van der Waals surface area contributed by atoms with Crippen molar-refractivity contribution in [2.75, 3.05) is 14.2 Å². The fourth-order valence-electron chi connectivity index (χ4n) is 1.06. The van der Waals surface area contributed by atoms with Gasteiger partial charge in [0.25, 0.3) is 0 Å². The molecule has 0 saturated carbocycles. The molecule has 0 radical (unpaired) electrons. The number of hydrogen-bond acceptors (Lipinski definition) is 3. The molecule has 0 rings (SSSR count). The van der Waals surface area contributed by atoms with Crippen molar-refractivity contribution in [3.05, 3.63) is 0 Å². The molecule has 12 heavy (non-hydrogen) atoms. The van der Waals surface area contributed by atoms with E-state index >= 15 is 0 Å². The van der Waals surface area contributed by atoms with Gasteiger partial charge in [-0.15, -0.1) is 0 Å². The van der Waals surface area contributed by atoms with Crippen LogP contribution in [0.2, 0.25) is 0 Å². The van der Waals surface area contributed by atoms with E-state index in [-0.39, 0.29) is 0 Å².